The Balaban J connectivity index is 1.70. The first-order chi connectivity index (χ1) is 16.1. The van der Waals surface area contributed by atoms with E-state index in [9.17, 15) is 28.7 Å². The van der Waals surface area contributed by atoms with E-state index < -0.39 is 46.1 Å². The molecule has 1 aromatic carbocycles. The highest BCUT2D eigenvalue weighted by molar-refractivity contribution is 6.35. The van der Waals surface area contributed by atoms with E-state index in [0.29, 0.717) is 12.0 Å². The number of aromatic nitrogens is 2. The first kappa shape index (κ1) is 23.4. The van der Waals surface area contributed by atoms with Crippen LogP contribution in [0.4, 0.5) is 4.39 Å². The maximum atomic E-state index is 13.1. The van der Waals surface area contributed by atoms with Crippen molar-refractivity contribution in [2.24, 2.45) is 0 Å². The molecule has 0 saturated carbocycles. The zero-order valence-corrected chi connectivity index (χ0v) is 18.6. The number of nitrogens with one attached hydrogen (secondary N) is 2. The summed E-state index contributed by atoms with van der Waals surface area (Å²) in [6.07, 6.45) is 0.352. The largest absolute Gasteiger partial charge is 0.501 e. The van der Waals surface area contributed by atoms with Gasteiger partial charge in [0.25, 0.3) is 11.5 Å². The Morgan fingerprint density at radius 3 is 2.68 bits per heavy atom. The van der Waals surface area contributed by atoms with Crippen LogP contribution in [0.25, 0.3) is 0 Å². The molecule has 3 N–H and O–H groups in total. The van der Waals surface area contributed by atoms with Crippen molar-refractivity contribution in [3.05, 3.63) is 57.5 Å². The van der Waals surface area contributed by atoms with Gasteiger partial charge in [0.05, 0.1) is 12.7 Å². The minimum Gasteiger partial charge on any atom is -0.501 e. The van der Waals surface area contributed by atoms with Crippen LogP contribution in [0.1, 0.15) is 34.7 Å². The molecular weight excluding hydrogens is 449 g/mol. The molecule has 1 saturated heterocycles. The first-order valence-electron chi connectivity index (χ1n) is 10.6. The number of nitrogens with zero attached hydrogens (tertiary/aromatic N) is 3. The van der Waals surface area contributed by atoms with Crippen molar-refractivity contribution >= 4 is 17.7 Å². The van der Waals surface area contributed by atoms with Crippen LogP contribution in [0.3, 0.4) is 0 Å². The van der Waals surface area contributed by atoms with Crippen LogP contribution >= 0.6 is 0 Å². The SMILES string of the molecule is CN(C)C(=O)C(=O)NC12COC(CCn3c1nc(C(=O)NCc1ccc(F)cc1)c(O)c3=O)C2. The third kappa shape index (κ3) is 4.23. The fraction of sp³-hybridized carbons (Fsp3) is 0.409. The summed E-state index contributed by atoms with van der Waals surface area (Å²) in [5.41, 5.74) is -2.09. The number of ether oxygens (including phenoxy) is 1. The van der Waals surface area contributed by atoms with E-state index in [4.69, 9.17) is 4.74 Å². The second-order valence-corrected chi connectivity index (χ2v) is 8.56. The molecule has 34 heavy (non-hydrogen) atoms. The zero-order chi connectivity index (χ0) is 24.6. The van der Waals surface area contributed by atoms with Gasteiger partial charge in [-0.2, -0.15) is 0 Å². The van der Waals surface area contributed by atoms with Crippen LogP contribution in [-0.4, -0.2) is 64.1 Å². The number of likely N-dealkylation sites (N-methyl/N-ethyl adjacent to an activating group) is 1. The summed E-state index contributed by atoms with van der Waals surface area (Å²) in [6.45, 7) is 0.0944. The van der Waals surface area contributed by atoms with Gasteiger partial charge >= 0.3 is 11.8 Å². The molecule has 3 heterocycles. The van der Waals surface area contributed by atoms with Crippen LogP contribution < -0.4 is 16.2 Å². The maximum absolute atomic E-state index is 13.1. The lowest BCUT2D eigenvalue weighted by Gasteiger charge is -2.30. The average molecular weight is 473 g/mol. The van der Waals surface area contributed by atoms with Gasteiger partial charge in [-0.25, -0.2) is 9.37 Å². The zero-order valence-electron chi connectivity index (χ0n) is 18.6. The molecule has 2 unspecified atom stereocenters. The summed E-state index contributed by atoms with van der Waals surface area (Å²) in [5.74, 6) is -3.76. The number of hydrogen-bond acceptors (Lipinski definition) is 7. The highest BCUT2D eigenvalue weighted by Gasteiger charge is 2.49. The number of amides is 3. The van der Waals surface area contributed by atoms with Crippen molar-refractivity contribution in [1.29, 1.82) is 0 Å². The van der Waals surface area contributed by atoms with E-state index in [1.54, 1.807) is 0 Å². The molecule has 0 spiro atoms. The Bertz CT molecular complexity index is 1210. The molecule has 11 nitrogen and oxygen atoms in total. The van der Waals surface area contributed by atoms with E-state index >= 15 is 0 Å². The lowest BCUT2D eigenvalue weighted by molar-refractivity contribution is -0.145. The fourth-order valence-electron chi connectivity index (χ4n) is 4.14. The van der Waals surface area contributed by atoms with Crippen molar-refractivity contribution in [2.45, 2.75) is 37.6 Å². The Morgan fingerprint density at radius 1 is 1.29 bits per heavy atom. The highest BCUT2D eigenvalue weighted by Crippen LogP contribution is 2.37. The molecule has 1 aromatic heterocycles. The normalized spacial score (nSPS) is 20.7. The van der Waals surface area contributed by atoms with Crippen molar-refractivity contribution in [3.8, 4) is 5.75 Å². The predicted octanol–water partition coefficient (Wildman–Crippen LogP) is -0.390. The van der Waals surface area contributed by atoms with Crippen LogP contribution in [0.15, 0.2) is 29.1 Å². The second-order valence-electron chi connectivity index (χ2n) is 8.56. The number of aromatic hydroxyl groups is 1. The van der Waals surface area contributed by atoms with Crippen molar-refractivity contribution in [3.63, 3.8) is 0 Å². The molecule has 3 amide bonds. The molecule has 4 rings (SSSR count). The minimum atomic E-state index is -1.33. The average Bonchev–Trinajstić information content (AvgIpc) is 3.14. The Kier molecular flexibility index (Phi) is 6.09. The lowest BCUT2D eigenvalue weighted by atomic mass is 9.94. The Hall–Kier alpha value is -3.80. The van der Waals surface area contributed by atoms with Crippen molar-refractivity contribution in [2.75, 3.05) is 20.7 Å². The third-order valence-corrected chi connectivity index (χ3v) is 5.92. The predicted molar refractivity (Wildman–Crippen MR) is 115 cm³/mol. The van der Waals surface area contributed by atoms with E-state index in [1.807, 2.05) is 0 Å². The van der Waals surface area contributed by atoms with E-state index in [0.717, 1.165) is 4.90 Å². The van der Waals surface area contributed by atoms with Crippen LogP contribution in [0, 0.1) is 5.82 Å². The maximum Gasteiger partial charge on any atom is 0.311 e. The molecular formula is C22H24FN5O6. The molecule has 0 radical (unpaired) electrons. The van der Waals surface area contributed by atoms with Gasteiger partial charge in [-0.1, -0.05) is 12.1 Å². The van der Waals surface area contributed by atoms with Gasteiger partial charge in [-0.05, 0) is 24.1 Å². The highest BCUT2D eigenvalue weighted by atomic mass is 19.1. The summed E-state index contributed by atoms with van der Waals surface area (Å²) in [5, 5.41) is 15.7. The number of hydrogen-bond donors (Lipinski definition) is 3. The van der Waals surface area contributed by atoms with E-state index in [-0.39, 0.29) is 38.0 Å². The summed E-state index contributed by atoms with van der Waals surface area (Å²) in [6, 6.07) is 5.45. The molecule has 2 bridgehead atoms. The number of benzene rings is 1. The molecule has 2 aliphatic heterocycles. The molecule has 2 atom stereocenters. The second kappa shape index (κ2) is 8.86. The fourth-order valence-corrected chi connectivity index (χ4v) is 4.14. The summed E-state index contributed by atoms with van der Waals surface area (Å²) < 4.78 is 20.1. The lowest BCUT2D eigenvalue weighted by Crippen LogP contribution is -2.54. The molecule has 1 fully saturated rings. The van der Waals surface area contributed by atoms with Gasteiger partial charge in [0, 0.05) is 33.6 Å². The van der Waals surface area contributed by atoms with E-state index in [1.165, 1.54) is 42.9 Å². The van der Waals surface area contributed by atoms with Gasteiger partial charge in [0.2, 0.25) is 5.75 Å². The van der Waals surface area contributed by atoms with Crippen LogP contribution in [0.5, 0.6) is 5.75 Å². The summed E-state index contributed by atoms with van der Waals surface area (Å²) in [4.78, 5) is 56.0. The van der Waals surface area contributed by atoms with Crippen molar-refractivity contribution in [1.82, 2.24) is 25.1 Å². The number of halogens is 1. The van der Waals surface area contributed by atoms with Gasteiger partial charge < -0.3 is 25.4 Å². The standard InChI is InChI=1S/C22H24FN5O6/c1-27(2)20(33)18(31)26-22-9-14(34-11-22)7-8-28-19(32)16(29)15(25-21(22)28)17(30)24-10-12-3-5-13(23)6-4-12/h3-6,14,29H,7-11H2,1-2H3,(H,24,30)(H,26,31). The third-order valence-electron chi connectivity index (χ3n) is 5.92. The topological polar surface area (TPSA) is 143 Å². The summed E-state index contributed by atoms with van der Waals surface area (Å²) >= 11 is 0. The van der Waals surface area contributed by atoms with Gasteiger partial charge in [-0.15, -0.1) is 0 Å². The molecule has 2 aromatic rings. The van der Waals surface area contributed by atoms with Crippen molar-refractivity contribution < 1.29 is 28.6 Å². The quantitative estimate of drug-likeness (QED) is 0.513. The van der Waals surface area contributed by atoms with Crippen LogP contribution in [0.2, 0.25) is 0 Å². The summed E-state index contributed by atoms with van der Waals surface area (Å²) in [7, 11) is 2.86. The monoisotopic (exact) mass is 473 g/mol. The van der Waals surface area contributed by atoms with Gasteiger partial charge in [0.15, 0.2) is 5.69 Å². The number of carbonyl (C=O) groups is 3. The van der Waals surface area contributed by atoms with Gasteiger partial charge in [0.1, 0.15) is 17.2 Å². The van der Waals surface area contributed by atoms with E-state index in [2.05, 4.69) is 15.6 Å². The number of rotatable bonds is 4. The number of carbonyl (C=O) groups excluding carboxylic acids is 3. The molecule has 0 aliphatic carbocycles. The minimum absolute atomic E-state index is 0.00303. The number of fused-ring (bicyclic) bond motifs is 4. The molecule has 2 aliphatic rings. The van der Waals surface area contributed by atoms with Gasteiger partial charge in [-0.3, -0.25) is 23.7 Å². The first-order valence-corrected chi connectivity index (χ1v) is 10.6. The Morgan fingerprint density at radius 2 is 2.00 bits per heavy atom. The smallest absolute Gasteiger partial charge is 0.311 e. The molecule has 180 valence electrons. The van der Waals surface area contributed by atoms with Crippen LogP contribution in [-0.2, 0) is 33.0 Å². The Labute approximate surface area is 193 Å². The molecule has 12 heteroatoms.